The number of hydrogen-bond acceptors (Lipinski definition) is 7. The molecule has 0 saturated heterocycles. The van der Waals surface area contributed by atoms with E-state index < -0.39 is 0 Å². The number of nitrogens with one attached hydrogen (secondary N) is 1. The predicted octanol–water partition coefficient (Wildman–Crippen LogP) is 3.30. The van der Waals surface area contributed by atoms with Gasteiger partial charge >= 0.3 is 0 Å². The van der Waals surface area contributed by atoms with Crippen molar-refractivity contribution >= 4 is 29.4 Å². The molecule has 0 aromatic carbocycles. The van der Waals surface area contributed by atoms with Gasteiger partial charge in [-0.2, -0.15) is 0 Å². The number of nitrogens with zero attached hydrogens (tertiary/aromatic N) is 5. The third-order valence-corrected chi connectivity index (χ3v) is 6.87. The van der Waals surface area contributed by atoms with Crippen LogP contribution < -0.4 is 5.32 Å². The number of aromatic nitrogens is 5. The summed E-state index contributed by atoms with van der Waals surface area (Å²) in [6.45, 7) is 6.16. The highest BCUT2D eigenvalue weighted by molar-refractivity contribution is 7.99. The fourth-order valence-corrected chi connectivity index (χ4v) is 5.06. The summed E-state index contributed by atoms with van der Waals surface area (Å²) in [5, 5.41) is 13.2. The Labute approximate surface area is 174 Å². The van der Waals surface area contributed by atoms with Crippen LogP contribution in [0.5, 0.6) is 0 Å². The number of rotatable bonds is 7. The van der Waals surface area contributed by atoms with E-state index in [9.17, 15) is 4.79 Å². The molecule has 1 N–H and O–H groups in total. The molecule has 0 radical (unpaired) electrons. The Hall–Kier alpha value is -1.61. The lowest BCUT2D eigenvalue weighted by Gasteiger charge is -2.29. The molecule has 1 amide bonds. The minimum atomic E-state index is 0.0753. The van der Waals surface area contributed by atoms with E-state index >= 15 is 0 Å². The van der Waals surface area contributed by atoms with Gasteiger partial charge in [0.15, 0.2) is 10.3 Å². The maximum atomic E-state index is 12.3. The molecule has 9 heteroatoms. The minimum Gasteiger partial charge on any atom is -0.352 e. The Bertz CT molecular complexity index is 805. The van der Waals surface area contributed by atoms with Gasteiger partial charge in [0, 0.05) is 24.5 Å². The first kappa shape index (κ1) is 21.1. The zero-order chi connectivity index (χ0) is 20.1. The van der Waals surface area contributed by atoms with Crippen LogP contribution in [-0.4, -0.2) is 42.4 Å². The maximum absolute atomic E-state index is 12.3. The maximum Gasteiger partial charge on any atom is 0.230 e. The van der Waals surface area contributed by atoms with Crippen molar-refractivity contribution in [1.82, 2.24) is 30.0 Å². The smallest absolute Gasteiger partial charge is 0.230 e. The van der Waals surface area contributed by atoms with Gasteiger partial charge in [0.1, 0.15) is 5.82 Å². The van der Waals surface area contributed by atoms with Crippen molar-refractivity contribution in [3.8, 4) is 0 Å². The van der Waals surface area contributed by atoms with E-state index in [0.29, 0.717) is 23.5 Å². The van der Waals surface area contributed by atoms with Crippen LogP contribution in [0.2, 0.25) is 0 Å². The third-order valence-electron chi connectivity index (χ3n) is 5.01. The van der Waals surface area contributed by atoms with Gasteiger partial charge in [-0.3, -0.25) is 4.79 Å². The van der Waals surface area contributed by atoms with Crippen molar-refractivity contribution in [2.45, 2.75) is 68.6 Å². The van der Waals surface area contributed by atoms with Gasteiger partial charge in [0.05, 0.1) is 11.5 Å². The lowest BCUT2D eigenvalue weighted by Crippen LogP contribution is -2.41. The van der Waals surface area contributed by atoms with E-state index in [2.05, 4.69) is 32.4 Å². The quantitative estimate of drug-likeness (QED) is 0.543. The molecule has 2 heterocycles. The molecule has 1 saturated carbocycles. The molecule has 2 aromatic rings. The van der Waals surface area contributed by atoms with E-state index in [1.165, 1.54) is 31.0 Å². The standard InChI is InChI=1S/C19H28N6OS2/c1-12-7-5-6-8-15(12)22-17(26)11-28-19-24-23-16(25(19)4)10-27-18-20-13(2)9-14(3)21-18/h9,12,15H,5-8,10-11H2,1-4H3,(H,22,26)/t12-,15-/m0/s1. The summed E-state index contributed by atoms with van der Waals surface area (Å²) in [6.07, 6.45) is 4.77. The molecule has 0 aliphatic heterocycles. The summed E-state index contributed by atoms with van der Waals surface area (Å²) < 4.78 is 1.94. The van der Waals surface area contributed by atoms with Crippen molar-refractivity contribution in [3.05, 3.63) is 23.3 Å². The number of carbonyl (C=O) groups is 1. The topological polar surface area (TPSA) is 85.6 Å². The molecule has 2 atom stereocenters. The van der Waals surface area contributed by atoms with E-state index in [0.717, 1.165) is 33.9 Å². The van der Waals surface area contributed by atoms with Crippen molar-refractivity contribution in [2.24, 2.45) is 13.0 Å². The van der Waals surface area contributed by atoms with Crippen LogP contribution in [0.25, 0.3) is 0 Å². The minimum absolute atomic E-state index is 0.0753. The Kier molecular flexibility index (Phi) is 7.34. The van der Waals surface area contributed by atoms with E-state index in [4.69, 9.17) is 0 Å². The first-order chi connectivity index (χ1) is 13.4. The molecule has 1 aliphatic carbocycles. The van der Waals surface area contributed by atoms with Gasteiger partial charge in [-0.15, -0.1) is 10.2 Å². The van der Waals surface area contributed by atoms with Gasteiger partial charge in [-0.05, 0) is 38.7 Å². The number of amides is 1. The fraction of sp³-hybridized carbons (Fsp3) is 0.632. The monoisotopic (exact) mass is 420 g/mol. The summed E-state index contributed by atoms with van der Waals surface area (Å²) in [4.78, 5) is 21.2. The average molecular weight is 421 g/mol. The van der Waals surface area contributed by atoms with Gasteiger partial charge in [-0.25, -0.2) is 9.97 Å². The molecule has 1 aliphatic rings. The van der Waals surface area contributed by atoms with Gasteiger partial charge in [-0.1, -0.05) is 43.3 Å². The van der Waals surface area contributed by atoms with Crippen LogP contribution in [0, 0.1) is 19.8 Å². The van der Waals surface area contributed by atoms with Gasteiger partial charge in [0.2, 0.25) is 5.91 Å². The second kappa shape index (κ2) is 9.73. The molecule has 0 bridgehead atoms. The number of carbonyl (C=O) groups excluding carboxylic acids is 1. The summed E-state index contributed by atoms with van der Waals surface area (Å²) in [5.41, 5.74) is 1.92. The second-order valence-corrected chi connectivity index (χ2v) is 9.29. The number of thioether (sulfide) groups is 2. The lowest BCUT2D eigenvalue weighted by molar-refractivity contribution is -0.119. The SMILES string of the molecule is Cc1cc(C)nc(SCc2nnc(SCC(=O)N[C@H]3CCCC[C@@H]3C)n2C)n1. The van der Waals surface area contributed by atoms with E-state index in [1.54, 1.807) is 11.8 Å². The first-order valence-electron chi connectivity index (χ1n) is 9.68. The molecular formula is C19H28N6OS2. The highest BCUT2D eigenvalue weighted by Gasteiger charge is 2.23. The molecule has 0 spiro atoms. The van der Waals surface area contributed by atoms with Crippen LogP contribution in [-0.2, 0) is 17.6 Å². The van der Waals surface area contributed by atoms with Gasteiger partial charge in [0.25, 0.3) is 0 Å². The molecule has 7 nitrogen and oxygen atoms in total. The average Bonchev–Trinajstić information content (AvgIpc) is 2.99. The van der Waals surface area contributed by atoms with Crippen LogP contribution >= 0.6 is 23.5 Å². The molecule has 2 aromatic heterocycles. The lowest BCUT2D eigenvalue weighted by atomic mass is 9.86. The zero-order valence-electron chi connectivity index (χ0n) is 16.9. The Morgan fingerprint density at radius 2 is 1.89 bits per heavy atom. The van der Waals surface area contributed by atoms with Crippen molar-refractivity contribution in [1.29, 1.82) is 0 Å². The highest BCUT2D eigenvalue weighted by Crippen LogP contribution is 2.25. The molecule has 3 rings (SSSR count). The van der Waals surface area contributed by atoms with Crippen LogP contribution in [0.4, 0.5) is 0 Å². The Morgan fingerprint density at radius 3 is 2.61 bits per heavy atom. The van der Waals surface area contributed by atoms with Crippen molar-refractivity contribution in [2.75, 3.05) is 5.75 Å². The molecule has 1 fully saturated rings. The zero-order valence-corrected chi connectivity index (χ0v) is 18.6. The van der Waals surface area contributed by atoms with Crippen molar-refractivity contribution in [3.63, 3.8) is 0 Å². The number of aryl methyl sites for hydroxylation is 2. The normalized spacial score (nSPS) is 19.6. The summed E-state index contributed by atoms with van der Waals surface area (Å²) in [7, 11) is 1.93. The van der Waals surface area contributed by atoms with Gasteiger partial charge < -0.3 is 9.88 Å². The summed E-state index contributed by atoms with van der Waals surface area (Å²) >= 11 is 2.97. The van der Waals surface area contributed by atoms with Crippen LogP contribution in [0.1, 0.15) is 49.8 Å². The molecule has 28 heavy (non-hydrogen) atoms. The Balaban J connectivity index is 1.50. The Morgan fingerprint density at radius 1 is 1.18 bits per heavy atom. The predicted molar refractivity (Wildman–Crippen MR) is 112 cm³/mol. The summed E-state index contributed by atoms with van der Waals surface area (Å²) in [5.74, 6) is 2.48. The van der Waals surface area contributed by atoms with E-state index in [-0.39, 0.29) is 5.91 Å². The largest absolute Gasteiger partial charge is 0.352 e. The number of hydrogen-bond donors (Lipinski definition) is 1. The second-order valence-electron chi connectivity index (χ2n) is 7.40. The molecule has 0 unspecified atom stereocenters. The fourth-order valence-electron chi connectivity index (χ4n) is 3.39. The van der Waals surface area contributed by atoms with Crippen molar-refractivity contribution < 1.29 is 4.79 Å². The van der Waals surface area contributed by atoms with E-state index in [1.807, 2.05) is 31.5 Å². The summed E-state index contributed by atoms with van der Waals surface area (Å²) in [6, 6.07) is 2.27. The molecular weight excluding hydrogens is 392 g/mol. The third kappa shape index (κ3) is 5.70. The highest BCUT2D eigenvalue weighted by atomic mass is 32.2. The van der Waals surface area contributed by atoms with Crippen LogP contribution in [0.3, 0.4) is 0 Å². The first-order valence-corrected chi connectivity index (χ1v) is 11.6. The van der Waals surface area contributed by atoms with Crippen LogP contribution in [0.15, 0.2) is 16.4 Å². The molecule has 152 valence electrons.